The summed E-state index contributed by atoms with van der Waals surface area (Å²) in [6.45, 7) is 4.40. The van der Waals surface area contributed by atoms with E-state index in [1.165, 1.54) is 11.1 Å². The highest BCUT2D eigenvalue weighted by Crippen LogP contribution is 2.24. The van der Waals surface area contributed by atoms with Crippen LogP contribution in [0, 0.1) is 0 Å². The molecule has 144 valence electrons. The average Bonchev–Trinajstić information content (AvgIpc) is 3.12. The Bertz CT molecular complexity index is 780. The molecule has 0 bridgehead atoms. The maximum absolute atomic E-state index is 12.4. The molecular formula is C21H28N4O2. The van der Waals surface area contributed by atoms with E-state index in [1.807, 2.05) is 18.0 Å². The summed E-state index contributed by atoms with van der Waals surface area (Å²) in [5.74, 6) is 0.0969. The molecule has 6 heteroatoms. The van der Waals surface area contributed by atoms with Crippen LogP contribution in [-0.2, 0) is 36.2 Å². The number of carbonyl (C=O) groups is 1. The number of hydrogen-bond acceptors (Lipinski definition) is 4. The number of rotatable bonds is 5. The number of amides is 1. The van der Waals surface area contributed by atoms with Gasteiger partial charge in [-0.2, -0.15) is 5.10 Å². The molecule has 0 atom stereocenters. The van der Waals surface area contributed by atoms with Crippen LogP contribution >= 0.6 is 0 Å². The Balaban J connectivity index is 1.22. The lowest BCUT2D eigenvalue weighted by Gasteiger charge is -2.40. The van der Waals surface area contributed by atoms with Gasteiger partial charge in [0, 0.05) is 45.5 Å². The van der Waals surface area contributed by atoms with Crippen molar-refractivity contribution in [1.29, 1.82) is 0 Å². The zero-order valence-corrected chi connectivity index (χ0v) is 16.0. The van der Waals surface area contributed by atoms with E-state index in [9.17, 15) is 4.79 Å². The van der Waals surface area contributed by atoms with Crippen molar-refractivity contribution in [1.82, 2.24) is 19.6 Å². The summed E-state index contributed by atoms with van der Waals surface area (Å²) in [6, 6.07) is 11.3. The van der Waals surface area contributed by atoms with E-state index < -0.39 is 0 Å². The molecule has 27 heavy (non-hydrogen) atoms. The number of piperidine rings is 1. The molecule has 0 saturated carbocycles. The van der Waals surface area contributed by atoms with Gasteiger partial charge in [-0.1, -0.05) is 24.3 Å². The Labute approximate surface area is 160 Å². The summed E-state index contributed by atoms with van der Waals surface area (Å²) in [5, 5.41) is 4.11. The first-order valence-corrected chi connectivity index (χ1v) is 9.84. The average molecular weight is 368 g/mol. The molecule has 1 amide bonds. The van der Waals surface area contributed by atoms with Crippen LogP contribution in [0.3, 0.4) is 0 Å². The second kappa shape index (κ2) is 8.23. The zero-order valence-electron chi connectivity index (χ0n) is 16.0. The second-order valence-corrected chi connectivity index (χ2v) is 7.54. The van der Waals surface area contributed by atoms with Crippen LogP contribution in [0.15, 0.2) is 36.5 Å². The van der Waals surface area contributed by atoms with Crippen LogP contribution in [0.5, 0.6) is 0 Å². The van der Waals surface area contributed by atoms with Crippen molar-refractivity contribution in [3.05, 3.63) is 53.3 Å². The van der Waals surface area contributed by atoms with E-state index in [-0.39, 0.29) is 12.5 Å². The monoisotopic (exact) mass is 368 g/mol. The molecule has 2 aliphatic rings. The van der Waals surface area contributed by atoms with E-state index in [0.717, 1.165) is 51.1 Å². The molecule has 0 N–H and O–H groups in total. The largest absolute Gasteiger partial charge is 0.365 e. The van der Waals surface area contributed by atoms with Gasteiger partial charge in [0.2, 0.25) is 5.91 Å². The van der Waals surface area contributed by atoms with Crippen molar-refractivity contribution < 1.29 is 9.53 Å². The first kappa shape index (κ1) is 18.2. The number of nitrogens with zero attached hydrogens (tertiary/aromatic N) is 4. The first-order valence-electron chi connectivity index (χ1n) is 9.84. The summed E-state index contributed by atoms with van der Waals surface area (Å²) in [4.78, 5) is 17.0. The van der Waals surface area contributed by atoms with Gasteiger partial charge in [-0.25, -0.2) is 0 Å². The topological polar surface area (TPSA) is 50.6 Å². The zero-order chi connectivity index (χ0) is 18.6. The van der Waals surface area contributed by atoms with Crippen molar-refractivity contribution in [3.63, 3.8) is 0 Å². The van der Waals surface area contributed by atoms with Gasteiger partial charge >= 0.3 is 0 Å². The van der Waals surface area contributed by atoms with Gasteiger partial charge in [0.25, 0.3) is 0 Å². The van der Waals surface area contributed by atoms with Crippen LogP contribution in [-0.4, -0.2) is 57.8 Å². The quantitative estimate of drug-likeness (QED) is 0.810. The van der Waals surface area contributed by atoms with Gasteiger partial charge in [-0.3, -0.25) is 14.4 Å². The van der Waals surface area contributed by atoms with Crippen molar-refractivity contribution in [2.24, 2.45) is 7.05 Å². The highest BCUT2D eigenvalue weighted by atomic mass is 16.5. The van der Waals surface area contributed by atoms with Crippen LogP contribution in [0.4, 0.5) is 0 Å². The minimum absolute atomic E-state index is 0.0969. The van der Waals surface area contributed by atoms with Crippen molar-refractivity contribution in [2.45, 2.75) is 38.5 Å². The van der Waals surface area contributed by atoms with Crippen LogP contribution in [0.2, 0.25) is 0 Å². The number of ether oxygens (including phenoxy) is 1. The number of likely N-dealkylation sites (tertiary alicyclic amines) is 1. The van der Waals surface area contributed by atoms with Crippen LogP contribution < -0.4 is 0 Å². The fourth-order valence-corrected chi connectivity index (χ4v) is 4.19. The highest BCUT2D eigenvalue weighted by molar-refractivity contribution is 5.77. The normalized spacial score (nSPS) is 18.5. The molecule has 3 heterocycles. The third-order valence-electron chi connectivity index (χ3n) is 5.89. The second-order valence-electron chi connectivity index (χ2n) is 7.54. The summed E-state index contributed by atoms with van der Waals surface area (Å²) >= 11 is 0. The Kier molecular flexibility index (Phi) is 5.55. The van der Waals surface area contributed by atoms with Gasteiger partial charge in [-0.05, 0) is 36.5 Å². The SMILES string of the molecule is Cn1nccc1COCC(=O)N1CCC(N2CCc3ccccc3C2)CC1. The van der Waals surface area contributed by atoms with E-state index in [1.54, 1.807) is 10.9 Å². The van der Waals surface area contributed by atoms with Crippen LogP contribution in [0.25, 0.3) is 0 Å². The molecule has 1 fully saturated rings. The van der Waals surface area contributed by atoms with E-state index in [0.29, 0.717) is 12.6 Å². The minimum atomic E-state index is 0.0969. The lowest BCUT2D eigenvalue weighted by molar-refractivity contribution is -0.138. The molecule has 1 aromatic heterocycles. The molecule has 2 aliphatic heterocycles. The van der Waals surface area contributed by atoms with E-state index in [4.69, 9.17) is 4.74 Å². The summed E-state index contributed by atoms with van der Waals surface area (Å²) in [6.07, 6.45) is 4.98. The Hall–Kier alpha value is -2.18. The molecule has 0 unspecified atom stereocenters. The fraction of sp³-hybridized carbons (Fsp3) is 0.524. The van der Waals surface area contributed by atoms with E-state index >= 15 is 0 Å². The summed E-state index contributed by atoms with van der Waals surface area (Å²) < 4.78 is 7.36. The van der Waals surface area contributed by atoms with Crippen molar-refractivity contribution in [3.8, 4) is 0 Å². The molecule has 1 saturated heterocycles. The molecule has 0 spiro atoms. The molecule has 1 aromatic carbocycles. The number of hydrogen-bond donors (Lipinski definition) is 0. The lowest BCUT2D eigenvalue weighted by Crippen LogP contribution is -2.48. The van der Waals surface area contributed by atoms with Gasteiger partial charge < -0.3 is 9.64 Å². The van der Waals surface area contributed by atoms with E-state index in [2.05, 4.69) is 34.3 Å². The van der Waals surface area contributed by atoms with Crippen molar-refractivity contribution >= 4 is 5.91 Å². The molecule has 4 rings (SSSR count). The number of carbonyl (C=O) groups excluding carboxylic acids is 1. The molecule has 0 aliphatic carbocycles. The predicted molar refractivity (Wildman–Crippen MR) is 103 cm³/mol. The fourth-order valence-electron chi connectivity index (χ4n) is 4.19. The summed E-state index contributed by atoms with van der Waals surface area (Å²) in [5.41, 5.74) is 3.93. The minimum Gasteiger partial charge on any atom is -0.365 e. The highest BCUT2D eigenvalue weighted by Gasteiger charge is 2.28. The number of aryl methyl sites for hydroxylation is 1. The molecule has 2 aromatic rings. The van der Waals surface area contributed by atoms with Crippen LogP contribution in [0.1, 0.15) is 29.7 Å². The first-order chi connectivity index (χ1) is 13.2. The third kappa shape index (κ3) is 4.22. The molecular weight excluding hydrogens is 340 g/mol. The van der Waals surface area contributed by atoms with Gasteiger partial charge in [-0.15, -0.1) is 0 Å². The molecule has 6 nitrogen and oxygen atoms in total. The smallest absolute Gasteiger partial charge is 0.248 e. The Morgan fingerprint density at radius 2 is 1.93 bits per heavy atom. The number of fused-ring (bicyclic) bond motifs is 1. The predicted octanol–water partition coefficient (Wildman–Crippen LogP) is 1.99. The third-order valence-corrected chi connectivity index (χ3v) is 5.89. The summed E-state index contributed by atoms with van der Waals surface area (Å²) in [7, 11) is 1.88. The standard InChI is InChI=1S/C21H28N4O2/c1-23-20(6-10-22-23)15-27-16-21(26)24-12-8-19(9-13-24)25-11-7-17-4-2-3-5-18(17)14-25/h2-6,10,19H,7-9,11-16H2,1H3. The molecule has 0 radical (unpaired) electrons. The maximum Gasteiger partial charge on any atom is 0.248 e. The maximum atomic E-state index is 12.4. The van der Waals surface area contributed by atoms with Gasteiger partial charge in [0.1, 0.15) is 6.61 Å². The Morgan fingerprint density at radius 1 is 1.15 bits per heavy atom. The number of aromatic nitrogens is 2. The van der Waals surface area contributed by atoms with Gasteiger partial charge in [0.05, 0.1) is 12.3 Å². The lowest BCUT2D eigenvalue weighted by atomic mass is 9.95. The Morgan fingerprint density at radius 3 is 2.67 bits per heavy atom. The van der Waals surface area contributed by atoms with Gasteiger partial charge in [0.15, 0.2) is 0 Å². The number of benzene rings is 1. The van der Waals surface area contributed by atoms with Crippen molar-refractivity contribution in [2.75, 3.05) is 26.2 Å².